The Morgan fingerprint density at radius 1 is 1.00 bits per heavy atom. The summed E-state index contributed by atoms with van der Waals surface area (Å²) in [6.07, 6.45) is 0. The molecule has 0 aliphatic heterocycles. The fourth-order valence-corrected chi connectivity index (χ4v) is 3.66. The van der Waals surface area contributed by atoms with Crippen molar-refractivity contribution in [2.75, 3.05) is 5.73 Å². The van der Waals surface area contributed by atoms with Crippen LogP contribution < -0.4 is 5.73 Å². The summed E-state index contributed by atoms with van der Waals surface area (Å²) in [5.41, 5.74) is 7.45. The van der Waals surface area contributed by atoms with Crippen LogP contribution in [-0.2, 0) is 21.3 Å². The van der Waals surface area contributed by atoms with E-state index in [-0.39, 0.29) is 11.5 Å². The van der Waals surface area contributed by atoms with Crippen LogP contribution >= 0.6 is 11.6 Å². The first kappa shape index (κ1) is 13.9. The van der Waals surface area contributed by atoms with E-state index in [1.54, 1.807) is 30.3 Å². The zero-order valence-corrected chi connectivity index (χ0v) is 11.8. The van der Waals surface area contributed by atoms with Crippen molar-refractivity contribution in [2.45, 2.75) is 11.5 Å². The Morgan fingerprint density at radius 3 is 2.32 bits per heavy atom. The van der Waals surface area contributed by atoms with Crippen LogP contribution in [-0.4, -0.2) is 8.42 Å². The van der Waals surface area contributed by atoms with Crippen LogP contribution in [0, 0.1) is 0 Å². The third-order valence-corrected chi connectivity index (χ3v) is 4.56. The van der Waals surface area contributed by atoms with Crippen LogP contribution in [0.5, 0.6) is 0 Å². The molecule has 0 atom stereocenters. The highest BCUT2D eigenvalue weighted by Crippen LogP contribution is 2.22. The van der Waals surface area contributed by atoms with Crippen molar-refractivity contribution in [3.05, 3.63) is 64.7 Å². The number of hydrogen-bond acceptors (Lipinski definition) is 3. The van der Waals surface area contributed by atoms with Crippen molar-refractivity contribution >= 4 is 27.1 Å². The maximum Gasteiger partial charge on any atom is 0.158 e. The monoisotopic (exact) mass is 295 g/mol. The van der Waals surface area contributed by atoms with E-state index in [2.05, 4.69) is 0 Å². The predicted octanol–water partition coefficient (Wildman–Crippen LogP) is 3.04. The smallest absolute Gasteiger partial charge is 0.158 e. The highest BCUT2D eigenvalue weighted by atomic mass is 35.5. The molecule has 19 heavy (non-hydrogen) atoms. The summed E-state index contributed by atoms with van der Waals surface area (Å²) in [5, 5.41) is 0.386. The molecular formula is C14H14ClNO2S. The van der Waals surface area contributed by atoms with Crippen LogP contribution in [0.15, 0.2) is 48.5 Å². The molecule has 0 amide bonds. The largest absolute Gasteiger partial charge is 0.399 e. The summed E-state index contributed by atoms with van der Waals surface area (Å²) < 4.78 is 24.2. The Morgan fingerprint density at radius 2 is 1.68 bits per heavy atom. The zero-order valence-electron chi connectivity index (χ0n) is 10.2. The average Bonchev–Trinajstić information content (AvgIpc) is 2.33. The molecule has 0 heterocycles. The molecule has 0 spiro atoms. The Bertz CT molecular complexity index is 669. The fourth-order valence-electron chi connectivity index (χ4n) is 1.80. The molecule has 3 nitrogen and oxygen atoms in total. The lowest BCUT2D eigenvalue weighted by molar-refractivity contribution is 0.594. The van der Waals surface area contributed by atoms with Gasteiger partial charge in [0.15, 0.2) is 9.84 Å². The molecule has 0 saturated carbocycles. The van der Waals surface area contributed by atoms with E-state index in [0.29, 0.717) is 16.3 Å². The Balaban J connectivity index is 2.17. The van der Waals surface area contributed by atoms with E-state index < -0.39 is 9.84 Å². The first-order valence-electron chi connectivity index (χ1n) is 5.74. The van der Waals surface area contributed by atoms with E-state index in [1.165, 1.54) is 0 Å². The molecule has 2 aromatic rings. The molecule has 0 unspecified atom stereocenters. The van der Waals surface area contributed by atoms with Gasteiger partial charge >= 0.3 is 0 Å². The quantitative estimate of drug-likeness (QED) is 0.882. The molecule has 5 heteroatoms. The number of sulfone groups is 1. The molecule has 0 radical (unpaired) electrons. The number of nitrogen functional groups attached to an aromatic ring is 1. The Kier molecular flexibility index (Phi) is 4.12. The van der Waals surface area contributed by atoms with Crippen molar-refractivity contribution in [1.82, 2.24) is 0 Å². The molecule has 0 bridgehead atoms. The van der Waals surface area contributed by atoms with E-state index in [4.69, 9.17) is 17.3 Å². The first-order chi connectivity index (χ1) is 8.96. The van der Waals surface area contributed by atoms with E-state index >= 15 is 0 Å². The van der Waals surface area contributed by atoms with Gasteiger partial charge < -0.3 is 5.73 Å². The molecule has 0 aliphatic rings. The van der Waals surface area contributed by atoms with Crippen molar-refractivity contribution in [3.63, 3.8) is 0 Å². The fraction of sp³-hybridized carbons (Fsp3) is 0.143. The number of nitrogens with two attached hydrogens (primary N) is 1. The molecular weight excluding hydrogens is 282 g/mol. The summed E-state index contributed by atoms with van der Waals surface area (Å²) in [7, 11) is -3.25. The zero-order chi connectivity index (χ0) is 13.9. The van der Waals surface area contributed by atoms with E-state index in [1.807, 2.05) is 18.2 Å². The number of anilines is 1. The topological polar surface area (TPSA) is 60.2 Å². The Hall–Kier alpha value is -1.52. The van der Waals surface area contributed by atoms with Gasteiger partial charge in [0.05, 0.1) is 11.5 Å². The average molecular weight is 296 g/mol. The molecule has 0 aliphatic carbocycles. The SMILES string of the molecule is Nc1ccc(CS(=O)(=O)Cc2ccccc2)c(Cl)c1. The van der Waals surface area contributed by atoms with Crippen LogP contribution in [0.1, 0.15) is 11.1 Å². The molecule has 100 valence electrons. The van der Waals surface area contributed by atoms with Gasteiger partial charge in [-0.3, -0.25) is 0 Å². The van der Waals surface area contributed by atoms with Crippen molar-refractivity contribution in [1.29, 1.82) is 0 Å². The molecule has 0 fully saturated rings. The van der Waals surface area contributed by atoms with Gasteiger partial charge in [-0.25, -0.2) is 8.42 Å². The van der Waals surface area contributed by atoms with Gasteiger partial charge in [-0.15, -0.1) is 0 Å². The maximum atomic E-state index is 12.1. The first-order valence-corrected chi connectivity index (χ1v) is 7.94. The summed E-state index contributed by atoms with van der Waals surface area (Å²) >= 11 is 5.99. The molecule has 2 aromatic carbocycles. The van der Waals surface area contributed by atoms with E-state index in [0.717, 1.165) is 5.56 Å². The summed E-state index contributed by atoms with van der Waals surface area (Å²) in [6, 6.07) is 14.0. The van der Waals surface area contributed by atoms with Gasteiger partial charge in [0.25, 0.3) is 0 Å². The standard InChI is InChI=1S/C14H14ClNO2S/c15-14-8-13(16)7-6-12(14)10-19(17,18)9-11-4-2-1-3-5-11/h1-8H,9-10,16H2. The second-order valence-corrected chi connectivity index (χ2v) is 6.84. The van der Waals surface area contributed by atoms with Gasteiger partial charge in [0.2, 0.25) is 0 Å². The summed E-state index contributed by atoms with van der Waals surface area (Å²) in [6.45, 7) is 0. The van der Waals surface area contributed by atoms with E-state index in [9.17, 15) is 8.42 Å². The lowest BCUT2D eigenvalue weighted by Gasteiger charge is -2.07. The lowest BCUT2D eigenvalue weighted by Crippen LogP contribution is -2.08. The minimum Gasteiger partial charge on any atom is -0.399 e. The highest BCUT2D eigenvalue weighted by Gasteiger charge is 2.15. The van der Waals surface area contributed by atoms with Crippen LogP contribution in [0.3, 0.4) is 0 Å². The second kappa shape index (κ2) is 5.63. The number of benzene rings is 2. The summed E-state index contributed by atoms with van der Waals surface area (Å²) in [5.74, 6) is -0.0739. The van der Waals surface area contributed by atoms with Crippen LogP contribution in [0.2, 0.25) is 5.02 Å². The summed E-state index contributed by atoms with van der Waals surface area (Å²) in [4.78, 5) is 0. The number of rotatable bonds is 4. The second-order valence-electron chi connectivity index (χ2n) is 4.37. The van der Waals surface area contributed by atoms with Crippen molar-refractivity contribution < 1.29 is 8.42 Å². The van der Waals surface area contributed by atoms with Gasteiger partial charge in [-0.2, -0.15) is 0 Å². The van der Waals surface area contributed by atoms with Gasteiger partial charge in [-0.1, -0.05) is 48.0 Å². The third kappa shape index (κ3) is 3.98. The lowest BCUT2D eigenvalue weighted by atomic mass is 10.2. The molecule has 2 N–H and O–H groups in total. The van der Waals surface area contributed by atoms with Crippen molar-refractivity contribution in [2.24, 2.45) is 0 Å². The number of halogens is 1. The van der Waals surface area contributed by atoms with Gasteiger partial charge in [-0.05, 0) is 23.3 Å². The molecule has 0 aromatic heterocycles. The third-order valence-electron chi connectivity index (χ3n) is 2.68. The van der Waals surface area contributed by atoms with Crippen LogP contribution in [0.4, 0.5) is 5.69 Å². The minimum atomic E-state index is -3.25. The highest BCUT2D eigenvalue weighted by molar-refractivity contribution is 7.89. The Labute approximate surface area is 117 Å². The van der Waals surface area contributed by atoms with Crippen LogP contribution in [0.25, 0.3) is 0 Å². The van der Waals surface area contributed by atoms with Crippen molar-refractivity contribution in [3.8, 4) is 0 Å². The molecule has 2 rings (SSSR count). The normalized spacial score (nSPS) is 11.4. The molecule has 0 saturated heterocycles. The minimum absolute atomic E-state index is 0.00848. The number of hydrogen-bond donors (Lipinski definition) is 1. The predicted molar refractivity (Wildman–Crippen MR) is 78.6 cm³/mol. The van der Waals surface area contributed by atoms with Gasteiger partial charge in [0.1, 0.15) is 0 Å². The maximum absolute atomic E-state index is 12.1. The van der Waals surface area contributed by atoms with Gasteiger partial charge in [0, 0.05) is 10.7 Å².